The average Bonchev–Trinajstić information content (AvgIpc) is 3.32. The molecule has 0 fully saturated rings. The summed E-state index contributed by atoms with van der Waals surface area (Å²) in [5, 5.41) is 4.27. The molecule has 0 radical (unpaired) electrons. The van der Waals surface area contributed by atoms with Crippen molar-refractivity contribution in [3.63, 3.8) is 0 Å². The highest BCUT2D eigenvalue weighted by molar-refractivity contribution is 5.82. The Hall–Kier alpha value is -4.53. The molecule has 3 aromatic carbocycles. The second kappa shape index (κ2) is 8.19. The number of hydrogen-bond acceptors (Lipinski definition) is 6. The summed E-state index contributed by atoms with van der Waals surface area (Å²) in [5.41, 5.74) is 1.29. The fourth-order valence-electron chi connectivity index (χ4n) is 3.54. The third kappa shape index (κ3) is 3.91. The summed E-state index contributed by atoms with van der Waals surface area (Å²) in [5.74, 6) is 0.782. The smallest absolute Gasteiger partial charge is 0.329 e. The van der Waals surface area contributed by atoms with E-state index in [0.717, 1.165) is 10.1 Å². The topological polar surface area (TPSA) is 103 Å². The van der Waals surface area contributed by atoms with E-state index in [1.165, 1.54) is 12.1 Å². The molecule has 0 amide bonds. The maximum Gasteiger partial charge on any atom is 0.329 e. The average molecular weight is 444 g/mol. The Bertz CT molecular complexity index is 1590. The Morgan fingerprint density at radius 3 is 2.61 bits per heavy atom. The Labute approximate surface area is 185 Å². The molecule has 0 aliphatic carbocycles. The van der Waals surface area contributed by atoms with Gasteiger partial charge in [-0.2, -0.15) is 4.98 Å². The van der Waals surface area contributed by atoms with Gasteiger partial charge in [0.1, 0.15) is 11.6 Å². The molecular formula is C24H17FN4O4. The summed E-state index contributed by atoms with van der Waals surface area (Å²) < 4.78 is 24.8. The summed E-state index contributed by atoms with van der Waals surface area (Å²) in [6, 6.07) is 17.8. The van der Waals surface area contributed by atoms with E-state index in [1.54, 1.807) is 55.6 Å². The van der Waals surface area contributed by atoms with Gasteiger partial charge in [0.25, 0.3) is 11.4 Å². The zero-order valence-corrected chi connectivity index (χ0v) is 17.4. The number of ether oxygens (including phenoxy) is 1. The third-order valence-electron chi connectivity index (χ3n) is 5.23. The first kappa shape index (κ1) is 20.4. The quantitative estimate of drug-likeness (QED) is 0.444. The molecule has 0 aliphatic rings. The van der Waals surface area contributed by atoms with Crippen LogP contribution in [0.5, 0.6) is 5.75 Å². The SMILES string of the molecule is COc1cccc(Cn2c(=O)[nH]c3cc(-c4nc(-c5ccc(F)cc5)no4)ccc3c2=O)c1. The van der Waals surface area contributed by atoms with Crippen LogP contribution >= 0.6 is 0 Å². The maximum absolute atomic E-state index is 13.1. The van der Waals surface area contributed by atoms with Crippen LogP contribution in [0.25, 0.3) is 33.7 Å². The fourth-order valence-corrected chi connectivity index (χ4v) is 3.54. The van der Waals surface area contributed by atoms with Gasteiger partial charge in [-0.3, -0.25) is 9.36 Å². The van der Waals surface area contributed by atoms with E-state index in [4.69, 9.17) is 9.26 Å². The highest BCUT2D eigenvalue weighted by Gasteiger charge is 2.14. The lowest BCUT2D eigenvalue weighted by Gasteiger charge is -2.08. The first-order chi connectivity index (χ1) is 16.0. The second-order valence-corrected chi connectivity index (χ2v) is 7.36. The van der Waals surface area contributed by atoms with E-state index in [9.17, 15) is 14.0 Å². The molecule has 0 unspecified atom stereocenters. The second-order valence-electron chi connectivity index (χ2n) is 7.36. The molecule has 164 valence electrons. The van der Waals surface area contributed by atoms with Crippen LogP contribution < -0.4 is 16.0 Å². The number of rotatable bonds is 5. The van der Waals surface area contributed by atoms with Gasteiger partial charge in [-0.25, -0.2) is 9.18 Å². The van der Waals surface area contributed by atoms with Crippen molar-refractivity contribution in [3.8, 4) is 28.6 Å². The summed E-state index contributed by atoms with van der Waals surface area (Å²) in [6.45, 7) is 0.105. The Morgan fingerprint density at radius 1 is 1.03 bits per heavy atom. The van der Waals surface area contributed by atoms with Crippen molar-refractivity contribution < 1.29 is 13.7 Å². The summed E-state index contributed by atoms with van der Waals surface area (Å²) >= 11 is 0. The Kier molecular flexibility index (Phi) is 5.06. The minimum absolute atomic E-state index is 0.105. The molecule has 0 aliphatic heterocycles. The van der Waals surface area contributed by atoms with Gasteiger partial charge in [0.2, 0.25) is 5.82 Å². The van der Waals surface area contributed by atoms with Crippen LogP contribution in [-0.4, -0.2) is 26.8 Å². The van der Waals surface area contributed by atoms with Crippen molar-refractivity contribution >= 4 is 10.9 Å². The van der Waals surface area contributed by atoms with Crippen LogP contribution in [0.1, 0.15) is 5.56 Å². The molecule has 0 saturated carbocycles. The molecular weight excluding hydrogens is 427 g/mol. The number of H-pyrrole nitrogens is 1. The van der Waals surface area contributed by atoms with Gasteiger partial charge in [0.05, 0.1) is 24.6 Å². The molecule has 1 N–H and O–H groups in total. The normalized spacial score (nSPS) is 11.1. The van der Waals surface area contributed by atoms with Crippen molar-refractivity contribution in [1.29, 1.82) is 0 Å². The molecule has 0 atom stereocenters. The van der Waals surface area contributed by atoms with Gasteiger partial charge in [-0.15, -0.1) is 0 Å². The van der Waals surface area contributed by atoms with Gasteiger partial charge in [-0.1, -0.05) is 17.3 Å². The van der Waals surface area contributed by atoms with Crippen molar-refractivity contribution in [2.45, 2.75) is 6.54 Å². The predicted octanol–water partition coefficient (Wildman–Crippen LogP) is 3.60. The Morgan fingerprint density at radius 2 is 1.82 bits per heavy atom. The molecule has 33 heavy (non-hydrogen) atoms. The highest BCUT2D eigenvalue weighted by Crippen LogP contribution is 2.24. The maximum atomic E-state index is 13.1. The van der Waals surface area contributed by atoms with Gasteiger partial charge in [0.15, 0.2) is 0 Å². The van der Waals surface area contributed by atoms with Crippen LogP contribution in [0.2, 0.25) is 0 Å². The van der Waals surface area contributed by atoms with Crippen molar-refractivity contribution in [2.75, 3.05) is 7.11 Å². The summed E-state index contributed by atoms with van der Waals surface area (Å²) in [7, 11) is 1.55. The van der Waals surface area contributed by atoms with Gasteiger partial charge < -0.3 is 14.2 Å². The van der Waals surface area contributed by atoms with Crippen molar-refractivity contribution in [3.05, 3.63) is 98.9 Å². The summed E-state index contributed by atoms with van der Waals surface area (Å²) in [6.07, 6.45) is 0. The standard InChI is InChI=1S/C24H17FN4O4/c1-32-18-4-2-3-14(11-18)13-29-23(30)19-10-7-16(12-20(19)26-24(29)31)22-27-21(28-33-22)15-5-8-17(25)9-6-15/h2-12H,13H2,1H3,(H,26,31). The monoisotopic (exact) mass is 444 g/mol. The fraction of sp³-hybridized carbons (Fsp3) is 0.0833. The number of aromatic amines is 1. The minimum atomic E-state index is -0.537. The highest BCUT2D eigenvalue weighted by atomic mass is 19.1. The van der Waals surface area contributed by atoms with Crippen LogP contribution in [0.15, 0.2) is 80.8 Å². The lowest BCUT2D eigenvalue weighted by Crippen LogP contribution is -2.35. The number of aromatic nitrogens is 4. The number of hydrogen-bond donors (Lipinski definition) is 1. The minimum Gasteiger partial charge on any atom is -0.497 e. The number of methoxy groups -OCH3 is 1. The molecule has 2 heterocycles. The Balaban J connectivity index is 1.50. The van der Waals surface area contributed by atoms with Crippen LogP contribution in [-0.2, 0) is 6.54 Å². The lowest BCUT2D eigenvalue weighted by molar-refractivity contribution is 0.414. The lowest BCUT2D eigenvalue weighted by atomic mass is 10.1. The van der Waals surface area contributed by atoms with Crippen LogP contribution in [0.3, 0.4) is 0 Å². The molecule has 2 aromatic heterocycles. The molecule has 9 heteroatoms. The molecule has 5 rings (SSSR count). The van der Waals surface area contributed by atoms with E-state index in [0.29, 0.717) is 33.6 Å². The summed E-state index contributed by atoms with van der Waals surface area (Å²) in [4.78, 5) is 32.8. The van der Waals surface area contributed by atoms with E-state index >= 15 is 0 Å². The van der Waals surface area contributed by atoms with Gasteiger partial charge in [0, 0.05) is 11.1 Å². The van der Waals surface area contributed by atoms with E-state index in [-0.39, 0.29) is 18.3 Å². The van der Waals surface area contributed by atoms with Gasteiger partial charge in [-0.05, 0) is 60.2 Å². The number of nitrogens with one attached hydrogen (secondary N) is 1. The van der Waals surface area contributed by atoms with Crippen LogP contribution in [0, 0.1) is 5.82 Å². The number of halogens is 1. The van der Waals surface area contributed by atoms with Crippen molar-refractivity contribution in [1.82, 2.24) is 19.7 Å². The van der Waals surface area contributed by atoms with Gasteiger partial charge >= 0.3 is 5.69 Å². The number of benzene rings is 3. The number of nitrogens with zero attached hydrogens (tertiary/aromatic N) is 3. The number of fused-ring (bicyclic) bond motifs is 1. The molecule has 8 nitrogen and oxygen atoms in total. The van der Waals surface area contributed by atoms with E-state index < -0.39 is 11.2 Å². The molecule has 0 saturated heterocycles. The zero-order valence-electron chi connectivity index (χ0n) is 17.4. The molecule has 0 bridgehead atoms. The largest absolute Gasteiger partial charge is 0.497 e. The van der Waals surface area contributed by atoms with Crippen LogP contribution in [0.4, 0.5) is 4.39 Å². The first-order valence-electron chi connectivity index (χ1n) is 10.0. The van der Waals surface area contributed by atoms with Crippen molar-refractivity contribution in [2.24, 2.45) is 0 Å². The van der Waals surface area contributed by atoms with E-state index in [1.807, 2.05) is 6.07 Å². The predicted molar refractivity (Wildman–Crippen MR) is 120 cm³/mol. The zero-order chi connectivity index (χ0) is 22.9. The first-order valence-corrected chi connectivity index (χ1v) is 10.0. The van der Waals surface area contributed by atoms with E-state index in [2.05, 4.69) is 15.1 Å². The molecule has 5 aromatic rings. The molecule has 0 spiro atoms. The third-order valence-corrected chi connectivity index (χ3v) is 5.23.